The molecule has 0 saturated carbocycles. The Kier molecular flexibility index (Phi) is 6.27. The van der Waals surface area contributed by atoms with Crippen molar-refractivity contribution in [3.63, 3.8) is 0 Å². The number of carbonyl (C=O) groups excluding carboxylic acids is 1. The molecule has 144 valence electrons. The monoisotopic (exact) mass is 370 g/mol. The molecule has 5 nitrogen and oxygen atoms in total. The van der Waals surface area contributed by atoms with Gasteiger partial charge in [-0.2, -0.15) is 0 Å². The fraction of sp³-hybridized carbons (Fsp3) is 0.429. The van der Waals surface area contributed by atoms with Gasteiger partial charge < -0.3 is 10.2 Å². The first-order chi connectivity index (χ1) is 13.1. The van der Waals surface area contributed by atoms with Crippen LogP contribution in [-0.2, 0) is 0 Å². The molecule has 0 aliphatic carbocycles. The number of benzene rings is 1. The number of halogens is 1. The Labute approximate surface area is 160 Å². The molecule has 2 heterocycles. The molecule has 0 saturated heterocycles. The van der Waals surface area contributed by atoms with E-state index < -0.39 is 0 Å². The predicted octanol–water partition coefficient (Wildman–Crippen LogP) is 4.71. The van der Waals surface area contributed by atoms with Gasteiger partial charge in [0.1, 0.15) is 11.6 Å². The van der Waals surface area contributed by atoms with Gasteiger partial charge in [-0.3, -0.25) is 4.90 Å². The van der Waals surface area contributed by atoms with Crippen molar-refractivity contribution in [1.82, 2.24) is 10.3 Å². The second-order valence-corrected chi connectivity index (χ2v) is 6.88. The van der Waals surface area contributed by atoms with Crippen molar-refractivity contribution in [2.75, 3.05) is 29.4 Å². The number of hydrogen-bond acceptors (Lipinski definition) is 3. The van der Waals surface area contributed by atoms with E-state index in [0.29, 0.717) is 31.4 Å². The Balaban J connectivity index is 1.77. The maximum Gasteiger partial charge on any atom is 0.322 e. The van der Waals surface area contributed by atoms with E-state index in [2.05, 4.69) is 24.1 Å². The van der Waals surface area contributed by atoms with Crippen LogP contribution in [-0.4, -0.2) is 30.6 Å². The molecular formula is C21H27FN4O. The van der Waals surface area contributed by atoms with Crippen LogP contribution >= 0.6 is 0 Å². The second-order valence-electron chi connectivity index (χ2n) is 6.88. The number of pyridine rings is 1. The van der Waals surface area contributed by atoms with Gasteiger partial charge in [0.15, 0.2) is 0 Å². The van der Waals surface area contributed by atoms with E-state index in [9.17, 15) is 9.18 Å². The van der Waals surface area contributed by atoms with E-state index in [0.717, 1.165) is 30.6 Å². The average molecular weight is 370 g/mol. The normalized spacial score (nSPS) is 14.6. The third kappa shape index (κ3) is 4.38. The zero-order chi connectivity index (χ0) is 19.2. The molecule has 6 heteroatoms. The number of aromatic nitrogens is 1. The summed E-state index contributed by atoms with van der Waals surface area (Å²) in [6.45, 7) is 6.19. The molecule has 0 unspecified atom stereocenters. The van der Waals surface area contributed by atoms with Crippen LogP contribution in [0.25, 0.3) is 0 Å². The van der Waals surface area contributed by atoms with Crippen molar-refractivity contribution >= 4 is 23.2 Å². The number of anilines is 3. The van der Waals surface area contributed by atoms with Crippen LogP contribution in [0.3, 0.4) is 0 Å². The van der Waals surface area contributed by atoms with Crippen LogP contribution in [0, 0.1) is 11.7 Å². The highest BCUT2D eigenvalue weighted by molar-refractivity contribution is 5.97. The number of amides is 2. The van der Waals surface area contributed by atoms with E-state index in [1.165, 1.54) is 12.3 Å². The van der Waals surface area contributed by atoms with Crippen molar-refractivity contribution in [3.8, 4) is 0 Å². The van der Waals surface area contributed by atoms with E-state index in [1.54, 1.807) is 11.0 Å². The molecule has 0 fully saturated rings. The van der Waals surface area contributed by atoms with Gasteiger partial charge in [-0.05, 0) is 36.6 Å². The number of para-hydroxylation sites is 2. The quantitative estimate of drug-likeness (QED) is 0.801. The molecule has 1 aliphatic heterocycles. The summed E-state index contributed by atoms with van der Waals surface area (Å²) in [7, 11) is 0. The van der Waals surface area contributed by atoms with E-state index >= 15 is 0 Å². The summed E-state index contributed by atoms with van der Waals surface area (Å²) < 4.78 is 13.2. The molecule has 27 heavy (non-hydrogen) atoms. The van der Waals surface area contributed by atoms with Crippen LogP contribution in [0.2, 0.25) is 0 Å². The molecular weight excluding hydrogens is 343 g/mol. The maximum absolute atomic E-state index is 13.2. The number of hydrogen-bond donors (Lipinski definition) is 1. The standard InChI is InChI=1S/C21H27FN4O/c1-3-7-16(4-2)14-24-21(27)26-13-12-25(18-8-5-6-9-19(18)26)20-11-10-17(22)15-23-20/h5-6,8-11,15-16H,3-4,7,12-14H2,1-2H3,(H,24,27)/t16-/m1/s1. The largest absolute Gasteiger partial charge is 0.337 e. The summed E-state index contributed by atoms with van der Waals surface area (Å²) in [5.41, 5.74) is 1.74. The number of fused-ring (bicyclic) bond motifs is 1. The predicted molar refractivity (Wildman–Crippen MR) is 107 cm³/mol. The van der Waals surface area contributed by atoms with Crippen LogP contribution < -0.4 is 15.1 Å². The minimum absolute atomic E-state index is 0.0660. The van der Waals surface area contributed by atoms with Crippen LogP contribution in [0.4, 0.5) is 26.4 Å². The Morgan fingerprint density at radius 2 is 1.96 bits per heavy atom. The first kappa shape index (κ1) is 19.1. The third-order valence-electron chi connectivity index (χ3n) is 5.06. The molecule has 2 amide bonds. The summed E-state index contributed by atoms with van der Waals surface area (Å²) in [6.07, 6.45) is 4.53. The Morgan fingerprint density at radius 3 is 2.63 bits per heavy atom. The minimum atomic E-state index is -0.359. The summed E-state index contributed by atoms with van der Waals surface area (Å²) in [5.74, 6) is 0.833. The van der Waals surface area contributed by atoms with Gasteiger partial charge in [0.05, 0.1) is 17.6 Å². The first-order valence-electron chi connectivity index (χ1n) is 9.67. The van der Waals surface area contributed by atoms with Gasteiger partial charge in [0.25, 0.3) is 0 Å². The fourth-order valence-electron chi connectivity index (χ4n) is 3.52. The van der Waals surface area contributed by atoms with Crippen molar-refractivity contribution in [2.45, 2.75) is 33.1 Å². The lowest BCUT2D eigenvalue weighted by Crippen LogP contribution is -2.48. The zero-order valence-electron chi connectivity index (χ0n) is 16.0. The van der Waals surface area contributed by atoms with Crippen LogP contribution in [0.15, 0.2) is 42.6 Å². The summed E-state index contributed by atoms with van der Waals surface area (Å²) in [5, 5.41) is 3.09. The van der Waals surface area contributed by atoms with Gasteiger partial charge in [-0.1, -0.05) is 38.8 Å². The highest BCUT2D eigenvalue weighted by atomic mass is 19.1. The molecule has 0 spiro atoms. The number of nitrogens with one attached hydrogen (secondary N) is 1. The van der Waals surface area contributed by atoms with Crippen molar-refractivity contribution in [3.05, 3.63) is 48.4 Å². The number of nitrogens with zero attached hydrogens (tertiary/aromatic N) is 3. The highest BCUT2D eigenvalue weighted by Crippen LogP contribution is 2.36. The Bertz CT molecular complexity index is 765. The third-order valence-corrected chi connectivity index (χ3v) is 5.06. The van der Waals surface area contributed by atoms with Gasteiger partial charge in [-0.15, -0.1) is 0 Å². The topological polar surface area (TPSA) is 48.5 Å². The molecule has 1 atom stereocenters. The second kappa shape index (κ2) is 8.84. The van der Waals surface area contributed by atoms with Crippen molar-refractivity contribution in [2.24, 2.45) is 5.92 Å². The summed E-state index contributed by atoms with van der Waals surface area (Å²) >= 11 is 0. The van der Waals surface area contributed by atoms with E-state index in [1.807, 2.05) is 29.2 Å². The average Bonchev–Trinajstić information content (AvgIpc) is 2.70. The molecule has 0 bridgehead atoms. The Hall–Kier alpha value is -2.63. The van der Waals surface area contributed by atoms with Crippen molar-refractivity contribution in [1.29, 1.82) is 0 Å². The molecule has 1 aromatic heterocycles. The lowest BCUT2D eigenvalue weighted by molar-refractivity contribution is 0.243. The SMILES string of the molecule is CCC[C@@H](CC)CNC(=O)N1CCN(c2ccc(F)cn2)c2ccccc21. The molecule has 1 N–H and O–H groups in total. The summed E-state index contributed by atoms with van der Waals surface area (Å²) in [6, 6.07) is 10.8. The number of urea groups is 1. The van der Waals surface area contributed by atoms with E-state index in [-0.39, 0.29) is 11.8 Å². The molecule has 1 aliphatic rings. The minimum Gasteiger partial charge on any atom is -0.337 e. The highest BCUT2D eigenvalue weighted by Gasteiger charge is 2.28. The first-order valence-corrected chi connectivity index (χ1v) is 9.67. The van der Waals surface area contributed by atoms with Gasteiger partial charge >= 0.3 is 6.03 Å². The molecule has 0 radical (unpaired) electrons. The van der Waals surface area contributed by atoms with Crippen LogP contribution in [0.1, 0.15) is 33.1 Å². The molecule has 3 rings (SSSR count). The van der Waals surface area contributed by atoms with Gasteiger partial charge in [0.2, 0.25) is 0 Å². The van der Waals surface area contributed by atoms with Gasteiger partial charge in [-0.25, -0.2) is 14.2 Å². The van der Waals surface area contributed by atoms with Gasteiger partial charge in [0, 0.05) is 19.6 Å². The molecule has 2 aromatic rings. The van der Waals surface area contributed by atoms with E-state index in [4.69, 9.17) is 0 Å². The number of rotatable bonds is 6. The Morgan fingerprint density at radius 1 is 1.19 bits per heavy atom. The number of carbonyl (C=O) groups is 1. The summed E-state index contributed by atoms with van der Waals surface area (Å²) in [4.78, 5) is 20.8. The maximum atomic E-state index is 13.2. The fourth-order valence-corrected chi connectivity index (χ4v) is 3.52. The lowest BCUT2D eigenvalue weighted by atomic mass is 10.0. The smallest absolute Gasteiger partial charge is 0.322 e. The lowest BCUT2D eigenvalue weighted by Gasteiger charge is -2.37. The molecule has 1 aromatic carbocycles. The zero-order valence-corrected chi connectivity index (χ0v) is 16.0. The van der Waals surface area contributed by atoms with Crippen molar-refractivity contribution < 1.29 is 9.18 Å². The van der Waals surface area contributed by atoms with Crippen LogP contribution in [0.5, 0.6) is 0 Å².